The lowest BCUT2D eigenvalue weighted by molar-refractivity contribution is -0.141. The molecular formula is C20H17F4N7O2. The molecule has 0 aliphatic carbocycles. The Morgan fingerprint density at radius 1 is 1.21 bits per heavy atom. The maximum Gasteiger partial charge on any atom is 0.433 e. The first kappa shape index (κ1) is 22.4. The number of nitrogens with two attached hydrogens (primary N) is 1. The Labute approximate surface area is 183 Å². The number of rotatable bonds is 5. The molecule has 2 unspecified atom stereocenters. The molecular weight excluding hydrogens is 446 g/mol. The van der Waals surface area contributed by atoms with Gasteiger partial charge < -0.3 is 10.6 Å². The van der Waals surface area contributed by atoms with Crippen molar-refractivity contribution in [1.29, 1.82) is 0 Å². The Hall–Kier alpha value is -3.84. The van der Waals surface area contributed by atoms with Crippen LogP contribution in [0.15, 0.2) is 48.8 Å². The van der Waals surface area contributed by atoms with E-state index in [-0.39, 0.29) is 23.2 Å². The van der Waals surface area contributed by atoms with Gasteiger partial charge in [0, 0.05) is 23.5 Å². The molecule has 2 atom stereocenters. The van der Waals surface area contributed by atoms with Crippen LogP contribution in [0.25, 0.3) is 11.1 Å². The van der Waals surface area contributed by atoms with E-state index in [0.29, 0.717) is 5.69 Å². The lowest BCUT2D eigenvalue weighted by atomic mass is 9.94. The number of hydrogen-bond acceptors (Lipinski definition) is 6. The summed E-state index contributed by atoms with van der Waals surface area (Å²) in [6, 6.07) is 6.61. The number of pyridine rings is 1. The van der Waals surface area contributed by atoms with E-state index in [1.165, 1.54) is 18.3 Å². The zero-order chi connectivity index (χ0) is 23.8. The summed E-state index contributed by atoms with van der Waals surface area (Å²) in [5.41, 5.74) is 3.66. The third kappa shape index (κ3) is 4.27. The van der Waals surface area contributed by atoms with Gasteiger partial charge >= 0.3 is 6.18 Å². The number of nitrogens with one attached hydrogen (secondary N) is 4. The van der Waals surface area contributed by atoms with Crippen LogP contribution in [0, 0.1) is 5.82 Å². The third-order valence-electron chi connectivity index (χ3n) is 5.14. The molecule has 0 spiro atoms. The van der Waals surface area contributed by atoms with Gasteiger partial charge in [0.2, 0.25) is 0 Å². The van der Waals surface area contributed by atoms with Crippen LogP contribution >= 0.6 is 0 Å². The fraction of sp³-hybridized carbons (Fsp3) is 0.200. The standard InChI is InChI=1S/C20H17F4N7O2/c21-11-2-3-12(13(7-11)10-1-4-15(26-8-10)20(22,23)24)16(32)27-9-19(14-5-6-28-31-14)17(33)29-18(25)30-19/h1-8,18,30H,9,25H2,(H,27,32)(H,28,31)(H,29,33). The van der Waals surface area contributed by atoms with Gasteiger partial charge in [-0.3, -0.25) is 30.7 Å². The van der Waals surface area contributed by atoms with Gasteiger partial charge in [-0.2, -0.15) is 18.3 Å². The first-order valence-electron chi connectivity index (χ1n) is 9.55. The van der Waals surface area contributed by atoms with Crippen LogP contribution in [0.5, 0.6) is 0 Å². The van der Waals surface area contributed by atoms with E-state index in [9.17, 15) is 27.2 Å². The van der Waals surface area contributed by atoms with Crippen molar-refractivity contribution < 1.29 is 27.2 Å². The van der Waals surface area contributed by atoms with Crippen molar-refractivity contribution in [2.24, 2.45) is 5.73 Å². The fourth-order valence-electron chi connectivity index (χ4n) is 3.53. The number of halogens is 4. The molecule has 3 heterocycles. The number of carbonyl (C=O) groups excluding carboxylic acids is 2. The van der Waals surface area contributed by atoms with E-state index in [4.69, 9.17) is 5.73 Å². The molecule has 1 fully saturated rings. The normalized spacial score (nSPS) is 20.5. The van der Waals surface area contributed by atoms with E-state index < -0.39 is 41.3 Å². The van der Waals surface area contributed by atoms with E-state index in [0.717, 1.165) is 30.5 Å². The molecule has 1 aliphatic heterocycles. The van der Waals surface area contributed by atoms with Gasteiger partial charge in [0.15, 0.2) is 5.54 Å². The molecule has 4 rings (SSSR count). The predicted octanol–water partition coefficient (Wildman–Crippen LogP) is 1.22. The number of H-pyrrole nitrogens is 1. The fourth-order valence-corrected chi connectivity index (χ4v) is 3.53. The molecule has 3 aromatic rings. The second kappa shape index (κ2) is 8.26. The van der Waals surface area contributed by atoms with E-state index in [2.05, 4.69) is 31.1 Å². The highest BCUT2D eigenvalue weighted by Crippen LogP contribution is 2.30. The van der Waals surface area contributed by atoms with Crippen molar-refractivity contribution in [1.82, 2.24) is 31.1 Å². The maximum absolute atomic E-state index is 13.9. The first-order chi connectivity index (χ1) is 15.6. The molecule has 0 bridgehead atoms. The number of aromatic nitrogens is 3. The molecule has 13 heteroatoms. The van der Waals surface area contributed by atoms with Crippen molar-refractivity contribution in [3.05, 3.63) is 71.6 Å². The minimum Gasteiger partial charge on any atom is -0.349 e. The summed E-state index contributed by atoms with van der Waals surface area (Å²) >= 11 is 0. The lowest BCUT2D eigenvalue weighted by Gasteiger charge is -2.26. The Bertz CT molecular complexity index is 1180. The zero-order valence-corrected chi connectivity index (χ0v) is 16.7. The molecule has 2 amide bonds. The summed E-state index contributed by atoms with van der Waals surface area (Å²) in [6.45, 7) is -0.254. The van der Waals surface area contributed by atoms with Gasteiger partial charge in [-0.1, -0.05) is 6.07 Å². The molecule has 6 N–H and O–H groups in total. The van der Waals surface area contributed by atoms with Gasteiger partial charge in [0.25, 0.3) is 11.8 Å². The molecule has 1 aliphatic rings. The Morgan fingerprint density at radius 3 is 2.58 bits per heavy atom. The van der Waals surface area contributed by atoms with Crippen LogP contribution in [-0.4, -0.2) is 39.8 Å². The summed E-state index contributed by atoms with van der Waals surface area (Å²) in [7, 11) is 0. The number of carbonyl (C=O) groups is 2. The highest BCUT2D eigenvalue weighted by Gasteiger charge is 2.48. The average Bonchev–Trinajstić information content (AvgIpc) is 3.40. The Kier molecular flexibility index (Phi) is 5.59. The number of amides is 2. The number of benzene rings is 1. The molecule has 0 radical (unpaired) electrons. The van der Waals surface area contributed by atoms with E-state index >= 15 is 0 Å². The van der Waals surface area contributed by atoms with Crippen LogP contribution in [0.3, 0.4) is 0 Å². The summed E-state index contributed by atoms with van der Waals surface area (Å²) in [6.07, 6.45) is -3.19. The van der Waals surface area contributed by atoms with Gasteiger partial charge in [0.05, 0.1) is 12.2 Å². The molecule has 1 aromatic carbocycles. The maximum atomic E-state index is 13.9. The van der Waals surface area contributed by atoms with Gasteiger partial charge in [0.1, 0.15) is 17.8 Å². The van der Waals surface area contributed by atoms with Crippen LogP contribution in [0.4, 0.5) is 17.6 Å². The largest absolute Gasteiger partial charge is 0.433 e. The van der Waals surface area contributed by atoms with Crippen LogP contribution < -0.4 is 21.7 Å². The molecule has 33 heavy (non-hydrogen) atoms. The first-order valence-corrected chi connectivity index (χ1v) is 9.55. The minimum absolute atomic E-state index is 0.0274. The highest BCUT2D eigenvalue weighted by molar-refractivity contribution is 6.01. The smallest absolute Gasteiger partial charge is 0.349 e. The van der Waals surface area contributed by atoms with Crippen molar-refractivity contribution in [2.45, 2.75) is 18.0 Å². The number of nitrogens with zero attached hydrogens (tertiary/aromatic N) is 2. The van der Waals surface area contributed by atoms with Crippen LogP contribution in [0.2, 0.25) is 0 Å². The highest BCUT2D eigenvalue weighted by atomic mass is 19.4. The SMILES string of the molecule is NC1NC(=O)C(CNC(=O)c2ccc(F)cc2-c2ccc(C(F)(F)F)nc2)(c2ccn[nH]2)N1. The summed E-state index contributed by atoms with van der Waals surface area (Å²) in [4.78, 5) is 28.9. The topological polar surface area (TPSA) is 138 Å². The van der Waals surface area contributed by atoms with Gasteiger partial charge in [-0.05, 0) is 35.9 Å². The summed E-state index contributed by atoms with van der Waals surface area (Å²) in [5.74, 6) is -1.90. The van der Waals surface area contributed by atoms with E-state index in [1.807, 2.05) is 0 Å². The average molecular weight is 463 g/mol. The van der Waals surface area contributed by atoms with Crippen molar-refractivity contribution >= 4 is 11.8 Å². The van der Waals surface area contributed by atoms with Crippen molar-refractivity contribution in [3.63, 3.8) is 0 Å². The van der Waals surface area contributed by atoms with E-state index in [1.54, 1.807) is 0 Å². The number of alkyl halides is 3. The summed E-state index contributed by atoms with van der Waals surface area (Å²) < 4.78 is 52.4. The molecule has 1 saturated heterocycles. The van der Waals surface area contributed by atoms with Gasteiger partial charge in [-0.15, -0.1) is 0 Å². The van der Waals surface area contributed by atoms with Crippen LogP contribution in [0.1, 0.15) is 21.7 Å². The second-order valence-electron chi connectivity index (χ2n) is 7.27. The quantitative estimate of drug-likeness (QED) is 0.361. The lowest BCUT2D eigenvalue weighted by Crippen LogP contribution is -2.54. The molecule has 2 aromatic heterocycles. The van der Waals surface area contributed by atoms with Crippen molar-refractivity contribution in [3.8, 4) is 11.1 Å². The molecule has 0 saturated carbocycles. The zero-order valence-electron chi connectivity index (χ0n) is 16.7. The van der Waals surface area contributed by atoms with Crippen LogP contribution in [-0.2, 0) is 16.5 Å². The second-order valence-corrected chi connectivity index (χ2v) is 7.27. The Morgan fingerprint density at radius 2 is 2.00 bits per heavy atom. The molecule has 172 valence electrons. The monoisotopic (exact) mass is 463 g/mol. The van der Waals surface area contributed by atoms with Crippen molar-refractivity contribution in [2.75, 3.05) is 6.54 Å². The molecule has 9 nitrogen and oxygen atoms in total. The minimum atomic E-state index is -4.64. The number of aromatic amines is 1. The summed E-state index contributed by atoms with van der Waals surface area (Å²) in [5, 5.41) is 14.4. The van der Waals surface area contributed by atoms with Gasteiger partial charge in [-0.25, -0.2) is 4.39 Å². The third-order valence-corrected chi connectivity index (χ3v) is 5.14. The Balaban J connectivity index is 1.62. The predicted molar refractivity (Wildman–Crippen MR) is 106 cm³/mol. The number of hydrogen-bond donors (Lipinski definition) is 5.